The molecule has 0 aliphatic carbocycles. The number of hydrogen-bond acceptors (Lipinski definition) is 2. The fourth-order valence-electron chi connectivity index (χ4n) is 2.66. The van der Waals surface area contributed by atoms with Crippen molar-refractivity contribution in [2.24, 2.45) is 0 Å². The molecule has 3 aromatic carbocycles. The minimum atomic E-state index is -0.123. The average Bonchev–Trinajstić information content (AvgIpc) is 2.65. The van der Waals surface area contributed by atoms with Gasteiger partial charge in [-0.15, -0.1) is 0 Å². The van der Waals surface area contributed by atoms with Gasteiger partial charge < -0.3 is 10.1 Å². The van der Waals surface area contributed by atoms with Crippen molar-refractivity contribution in [1.29, 1.82) is 0 Å². The minimum absolute atomic E-state index is 0.0240. The van der Waals surface area contributed by atoms with E-state index in [4.69, 9.17) is 4.74 Å². The van der Waals surface area contributed by atoms with Gasteiger partial charge in [-0.1, -0.05) is 61.5 Å². The maximum atomic E-state index is 12.0. The molecule has 0 fully saturated rings. The van der Waals surface area contributed by atoms with Crippen LogP contribution >= 0.6 is 0 Å². The smallest absolute Gasteiger partial charge is 0.258 e. The standard InChI is InChI=1S/C21H21NO2/c1-2-16-10-12-19(13-11-16)24-15-21(23)22-14-18-8-5-7-17-6-3-4-9-20(17)18/h3-13H,2,14-15H2,1H3,(H,22,23). The van der Waals surface area contributed by atoms with Crippen molar-refractivity contribution in [3.05, 3.63) is 77.9 Å². The highest BCUT2D eigenvalue weighted by Gasteiger charge is 2.05. The van der Waals surface area contributed by atoms with Crippen LogP contribution in [-0.2, 0) is 17.8 Å². The molecule has 3 nitrogen and oxygen atoms in total. The number of carbonyl (C=O) groups excluding carboxylic acids is 1. The van der Waals surface area contributed by atoms with Gasteiger partial charge in [-0.2, -0.15) is 0 Å². The van der Waals surface area contributed by atoms with E-state index in [1.54, 1.807) is 0 Å². The van der Waals surface area contributed by atoms with Crippen LogP contribution in [0.1, 0.15) is 18.1 Å². The van der Waals surface area contributed by atoms with Crippen LogP contribution in [0.5, 0.6) is 5.75 Å². The molecule has 0 aliphatic rings. The van der Waals surface area contributed by atoms with Crippen molar-refractivity contribution in [2.45, 2.75) is 19.9 Å². The quantitative estimate of drug-likeness (QED) is 0.743. The molecular weight excluding hydrogens is 298 g/mol. The van der Waals surface area contributed by atoms with E-state index in [1.807, 2.05) is 48.5 Å². The lowest BCUT2D eigenvalue weighted by Gasteiger charge is -2.10. The number of fused-ring (bicyclic) bond motifs is 1. The minimum Gasteiger partial charge on any atom is -0.484 e. The van der Waals surface area contributed by atoms with E-state index in [1.165, 1.54) is 10.9 Å². The summed E-state index contributed by atoms with van der Waals surface area (Å²) in [7, 11) is 0. The first-order valence-electron chi connectivity index (χ1n) is 8.21. The molecule has 0 atom stereocenters. The lowest BCUT2D eigenvalue weighted by Crippen LogP contribution is -2.28. The molecular formula is C21H21NO2. The second-order valence-electron chi connectivity index (χ2n) is 5.70. The molecule has 3 rings (SSSR count). The van der Waals surface area contributed by atoms with Crippen molar-refractivity contribution in [3.63, 3.8) is 0 Å². The van der Waals surface area contributed by atoms with Gasteiger partial charge in [-0.3, -0.25) is 4.79 Å². The van der Waals surface area contributed by atoms with Gasteiger partial charge in [0.15, 0.2) is 6.61 Å². The Hall–Kier alpha value is -2.81. The predicted octanol–water partition coefficient (Wildman–Crippen LogP) is 4.10. The third-order valence-corrected chi connectivity index (χ3v) is 4.06. The molecule has 0 bridgehead atoms. The number of hydrogen-bond donors (Lipinski definition) is 1. The number of aryl methyl sites for hydroxylation is 1. The van der Waals surface area contributed by atoms with Crippen LogP contribution in [0.4, 0.5) is 0 Å². The Labute approximate surface area is 142 Å². The Bertz CT molecular complexity index is 819. The monoisotopic (exact) mass is 319 g/mol. The number of benzene rings is 3. The fraction of sp³-hybridized carbons (Fsp3) is 0.190. The van der Waals surface area contributed by atoms with E-state index in [0.29, 0.717) is 12.3 Å². The van der Waals surface area contributed by atoms with Crippen LogP contribution in [0.25, 0.3) is 10.8 Å². The zero-order valence-electron chi connectivity index (χ0n) is 13.8. The lowest BCUT2D eigenvalue weighted by molar-refractivity contribution is -0.123. The van der Waals surface area contributed by atoms with Crippen molar-refractivity contribution in [2.75, 3.05) is 6.61 Å². The maximum Gasteiger partial charge on any atom is 0.258 e. The highest BCUT2D eigenvalue weighted by atomic mass is 16.5. The molecule has 3 aromatic rings. The SMILES string of the molecule is CCc1ccc(OCC(=O)NCc2cccc3ccccc23)cc1. The van der Waals surface area contributed by atoms with Crippen molar-refractivity contribution < 1.29 is 9.53 Å². The third kappa shape index (κ3) is 3.93. The Kier molecular flexibility index (Phi) is 5.12. The first kappa shape index (κ1) is 16.1. The van der Waals surface area contributed by atoms with Crippen LogP contribution in [-0.4, -0.2) is 12.5 Å². The van der Waals surface area contributed by atoms with Crippen LogP contribution in [0.15, 0.2) is 66.7 Å². The molecule has 0 aromatic heterocycles. The van der Waals surface area contributed by atoms with E-state index in [2.05, 4.69) is 30.4 Å². The van der Waals surface area contributed by atoms with E-state index >= 15 is 0 Å². The summed E-state index contributed by atoms with van der Waals surface area (Å²) in [5, 5.41) is 5.26. The van der Waals surface area contributed by atoms with E-state index in [0.717, 1.165) is 17.4 Å². The number of nitrogens with one attached hydrogen (secondary N) is 1. The van der Waals surface area contributed by atoms with Gasteiger partial charge in [-0.05, 0) is 40.5 Å². The molecule has 24 heavy (non-hydrogen) atoms. The Morgan fingerprint density at radius 3 is 2.50 bits per heavy atom. The number of rotatable bonds is 6. The number of carbonyl (C=O) groups is 1. The maximum absolute atomic E-state index is 12.0. The van der Waals surface area contributed by atoms with Crippen molar-refractivity contribution in [1.82, 2.24) is 5.32 Å². The third-order valence-electron chi connectivity index (χ3n) is 4.06. The summed E-state index contributed by atoms with van der Waals surface area (Å²) in [6, 6.07) is 22.1. The van der Waals surface area contributed by atoms with Crippen LogP contribution in [0.2, 0.25) is 0 Å². The van der Waals surface area contributed by atoms with Crippen molar-refractivity contribution in [3.8, 4) is 5.75 Å². The average molecular weight is 319 g/mol. The molecule has 0 spiro atoms. The van der Waals surface area contributed by atoms with Gasteiger partial charge in [0.25, 0.3) is 5.91 Å². The van der Waals surface area contributed by atoms with Crippen LogP contribution in [0.3, 0.4) is 0 Å². The molecule has 0 unspecified atom stereocenters. The molecule has 1 N–H and O–H groups in total. The largest absolute Gasteiger partial charge is 0.484 e. The summed E-state index contributed by atoms with van der Waals surface area (Å²) in [6.45, 7) is 2.63. The number of ether oxygens (including phenoxy) is 1. The summed E-state index contributed by atoms with van der Waals surface area (Å²) in [5.41, 5.74) is 2.36. The van der Waals surface area contributed by atoms with E-state index in [9.17, 15) is 4.79 Å². The number of amides is 1. The first-order chi connectivity index (χ1) is 11.8. The zero-order chi connectivity index (χ0) is 16.8. The molecule has 3 heteroatoms. The van der Waals surface area contributed by atoms with Crippen molar-refractivity contribution >= 4 is 16.7 Å². The summed E-state index contributed by atoms with van der Waals surface area (Å²) in [6.07, 6.45) is 0.992. The molecule has 1 amide bonds. The van der Waals surface area contributed by atoms with Crippen LogP contribution in [0, 0.1) is 0 Å². The van der Waals surface area contributed by atoms with Gasteiger partial charge in [0.05, 0.1) is 0 Å². The van der Waals surface area contributed by atoms with Gasteiger partial charge in [0.1, 0.15) is 5.75 Å². The molecule has 0 heterocycles. The summed E-state index contributed by atoms with van der Waals surface area (Å²) in [5.74, 6) is 0.593. The van der Waals surface area contributed by atoms with Gasteiger partial charge >= 0.3 is 0 Å². The van der Waals surface area contributed by atoms with Gasteiger partial charge in [-0.25, -0.2) is 0 Å². The van der Waals surface area contributed by atoms with Crippen LogP contribution < -0.4 is 10.1 Å². The van der Waals surface area contributed by atoms with Gasteiger partial charge in [0, 0.05) is 6.54 Å². The lowest BCUT2D eigenvalue weighted by atomic mass is 10.0. The molecule has 0 radical (unpaired) electrons. The van der Waals surface area contributed by atoms with E-state index < -0.39 is 0 Å². The fourth-order valence-corrected chi connectivity index (χ4v) is 2.66. The summed E-state index contributed by atoms with van der Waals surface area (Å²) >= 11 is 0. The molecule has 0 aliphatic heterocycles. The highest BCUT2D eigenvalue weighted by molar-refractivity contribution is 5.86. The zero-order valence-corrected chi connectivity index (χ0v) is 13.8. The normalized spacial score (nSPS) is 10.5. The van der Waals surface area contributed by atoms with E-state index in [-0.39, 0.29) is 12.5 Å². The Morgan fingerprint density at radius 2 is 1.71 bits per heavy atom. The Balaban J connectivity index is 1.55. The topological polar surface area (TPSA) is 38.3 Å². The van der Waals surface area contributed by atoms with Gasteiger partial charge in [0.2, 0.25) is 0 Å². The highest BCUT2D eigenvalue weighted by Crippen LogP contribution is 2.18. The molecule has 0 saturated carbocycles. The summed E-state index contributed by atoms with van der Waals surface area (Å²) < 4.78 is 5.53. The second kappa shape index (κ2) is 7.64. The molecule has 122 valence electrons. The Morgan fingerprint density at radius 1 is 0.958 bits per heavy atom. The second-order valence-corrected chi connectivity index (χ2v) is 5.70. The first-order valence-corrected chi connectivity index (χ1v) is 8.21. The summed E-state index contributed by atoms with van der Waals surface area (Å²) in [4.78, 5) is 12.0. The molecule has 0 saturated heterocycles. The predicted molar refractivity (Wildman–Crippen MR) is 97.1 cm³/mol.